The first kappa shape index (κ1) is 21.5. The molecule has 0 aromatic heterocycles. The van der Waals surface area contributed by atoms with Gasteiger partial charge < -0.3 is 9.64 Å². The highest BCUT2D eigenvalue weighted by molar-refractivity contribution is 5.71. The summed E-state index contributed by atoms with van der Waals surface area (Å²) >= 11 is 0. The third-order valence-corrected chi connectivity index (χ3v) is 5.48. The van der Waals surface area contributed by atoms with Gasteiger partial charge in [-0.1, -0.05) is 30.3 Å². The molecule has 0 atom stereocenters. The largest absolute Gasteiger partial charge is 0.415 e. The fourth-order valence-electron chi connectivity index (χ4n) is 3.86. The maximum absolute atomic E-state index is 13.5. The quantitative estimate of drug-likeness (QED) is 0.596. The van der Waals surface area contributed by atoms with E-state index in [1.54, 1.807) is 47.4 Å². The first-order chi connectivity index (χ1) is 15.5. The Balaban J connectivity index is 1.47. The number of hydrogen-bond donors (Lipinski definition) is 0. The summed E-state index contributed by atoms with van der Waals surface area (Å²) in [6, 6.07) is 20.8. The Hall–Kier alpha value is -3.76. The fourth-order valence-corrected chi connectivity index (χ4v) is 3.86. The van der Waals surface area contributed by atoms with E-state index in [1.807, 2.05) is 6.07 Å². The van der Waals surface area contributed by atoms with Crippen LogP contribution < -0.4 is 4.74 Å². The number of nitriles is 1. The van der Waals surface area contributed by atoms with Gasteiger partial charge in [0.2, 0.25) is 0 Å². The molecule has 1 aliphatic rings. The molecule has 1 aliphatic heterocycles. The van der Waals surface area contributed by atoms with Gasteiger partial charge in [-0.15, -0.1) is 0 Å². The molecule has 0 aliphatic carbocycles. The molecule has 0 saturated carbocycles. The first-order valence-corrected chi connectivity index (χ1v) is 10.3. The van der Waals surface area contributed by atoms with Gasteiger partial charge >= 0.3 is 6.09 Å². The van der Waals surface area contributed by atoms with Crippen LogP contribution in [-0.4, -0.2) is 42.1 Å². The number of benzene rings is 3. The summed E-state index contributed by atoms with van der Waals surface area (Å²) in [7, 11) is 0. The molecule has 32 heavy (non-hydrogen) atoms. The van der Waals surface area contributed by atoms with Gasteiger partial charge in [-0.2, -0.15) is 5.26 Å². The van der Waals surface area contributed by atoms with Crippen LogP contribution in [0, 0.1) is 23.0 Å². The van der Waals surface area contributed by atoms with Crippen molar-refractivity contribution in [3.05, 3.63) is 101 Å². The second-order valence-corrected chi connectivity index (χ2v) is 7.54. The maximum Gasteiger partial charge on any atom is 0.415 e. The monoisotopic (exact) mass is 433 g/mol. The Bertz CT molecular complexity index is 1070. The Morgan fingerprint density at radius 2 is 1.44 bits per heavy atom. The molecule has 1 saturated heterocycles. The Morgan fingerprint density at radius 1 is 0.875 bits per heavy atom. The molecule has 1 heterocycles. The van der Waals surface area contributed by atoms with Gasteiger partial charge in [-0.25, -0.2) is 13.6 Å². The zero-order valence-corrected chi connectivity index (χ0v) is 17.2. The van der Waals surface area contributed by atoms with Crippen LogP contribution in [0.4, 0.5) is 13.6 Å². The van der Waals surface area contributed by atoms with Crippen LogP contribution in [0.5, 0.6) is 5.75 Å². The number of amides is 1. The van der Waals surface area contributed by atoms with Crippen LogP contribution in [-0.2, 0) is 0 Å². The third-order valence-electron chi connectivity index (χ3n) is 5.48. The Kier molecular flexibility index (Phi) is 6.43. The molecule has 1 fully saturated rings. The lowest BCUT2D eigenvalue weighted by Gasteiger charge is -2.39. The van der Waals surface area contributed by atoms with Gasteiger partial charge in [-0.05, 0) is 53.6 Å². The maximum atomic E-state index is 13.5. The average Bonchev–Trinajstić information content (AvgIpc) is 2.82. The number of ether oxygens (including phenoxy) is 1. The summed E-state index contributed by atoms with van der Waals surface area (Å²) in [5, 5.41) is 9.00. The standard InChI is InChI=1S/C25H21F2N3O2/c26-21-8-4-19(5-9-21)24(20-6-10-22(27)11-7-20)29-12-14-30(15-13-29)25(31)32-23-3-1-2-18(16-23)17-28/h1-11,16,24H,12-15H2. The molecular weight excluding hydrogens is 412 g/mol. The lowest BCUT2D eigenvalue weighted by molar-refractivity contribution is 0.0974. The van der Waals surface area contributed by atoms with E-state index < -0.39 is 6.09 Å². The third kappa shape index (κ3) is 4.93. The van der Waals surface area contributed by atoms with Crippen molar-refractivity contribution in [2.75, 3.05) is 26.2 Å². The number of piperazine rings is 1. The number of carbonyl (C=O) groups is 1. The molecular formula is C25H21F2N3O2. The lowest BCUT2D eigenvalue weighted by Crippen LogP contribution is -2.50. The topological polar surface area (TPSA) is 56.6 Å². The highest BCUT2D eigenvalue weighted by atomic mass is 19.1. The molecule has 0 spiro atoms. The van der Waals surface area contributed by atoms with Crippen molar-refractivity contribution in [3.8, 4) is 11.8 Å². The Morgan fingerprint density at radius 3 is 1.97 bits per heavy atom. The van der Waals surface area contributed by atoms with Crippen molar-refractivity contribution in [2.45, 2.75) is 6.04 Å². The average molecular weight is 433 g/mol. The van der Waals surface area contributed by atoms with Crippen LogP contribution in [0.1, 0.15) is 22.7 Å². The van der Waals surface area contributed by atoms with Crippen LogP contribution in [0.15, 0.2) is 72.8 Å². The van der Waals surface area contributed by atoms with E-state index in [4.69, 9.17) is 10.00 Å². The van der Waals surface area contributed by atoms with Crippen LogP contribution in [0.2, 0.25) is 0 Å². The van der Waals surface area contributed by atoms with Gasteiger partial charge in [0.15, 0.2) is 0 Å². The summed E-state index contributed by atoms with van der Waals surface area (Å²) in [5.41, 5.74) is 2.20. The summed E-state index contributed by atoms with van der Waals surface area (Å²) in [5.74, 6) is -0.314. The molecule has 3 aromatic rings. The normalized spacial score (nSPS) is 14.2. The van der Waals surface area contributed by atoms with Crippen molar-refractivity contribution >= 4 is 6.09 Å². The number of rotatable bonds is 4. The summed E-state index contributed by atoms with van der Waals surface area (Å²) < 4.78 is 32.4. The molecule has 162 valence electrons. The van der Waals surface area contributed by atoms with Gasteiger partial charge in [0.05, 0.1) is 17.7 Å². The van der Waals surface area contributed by atoms with Gasteiger partial charge in [0.25, 0.3) is 0 Å². The smallest absolute Gasteiger partial charge is 0.410 e. The van der Waals surface area contributed by atoms with Crippen molar-refractivity contribution in [1.82, 2.24) is 9.80 Å². The second-order valence-electron chi connectivity index (χ2n) is 7.54. The number of nitrogens with zero attached hydrogens (tertiary/aromatic N) is 3. The molecule has 0 bridgehead atoms. The highest BCUT2D eigenvalue weighted by Crippen LogP contribution is 2.30. The number of hydrogen-bond acceptors (Lipinski definition) is 4. The molecule has 7 heteroatoms. The predicted molar refractivity (Wildman–Crippen MR) is 115 cm³/mol. The van der Waals surface area contributed by atoms with Crippen molar-refractivity contribution in [3.63, 3.8) is 0 Å². The zero-order chi connectivity index (χ0) is 22.5. The van der Waals surface area contributed by atoms with E-state index in [-0.39, 0.29) is 17.7 Å². The van der Waals surface area contributed by atoms with E-state index >= 15 is 0 Å². The van der Waals surface area contributed by atoms with Crippen molar-refractivity contribution in [2.24, 2.45) is 0 Å². The molecule has 0 radical (unpaired) electrons. The van der Waals surface area contributed by atoms with Gasteiger partial charge in [0.1, 0.15) is 17.4 Å². The van der Waals surface area contributed by atoms with E-state index in [9.17, 15) is 13.6 Å². The second kappa shape index (κ2) is 9.58. The van der Waals surface area contributed by atoms with Crippen LogP contribution >= 0.6 is 0 Å². The molecule has 3 aromatic carbocycles. The molecule has 0 N–H and O–H groups in total. The van der Waals surface area contributed by atoms with E-state index in [1.165, 1.54) is 30.3 Å². The minimum absolute atomic E-state index is 0.193. The summed E-state index contributed by atoms with van der Waals surface area (Å²) in [4.78, 5) is 16.4. The Labute approximate surface area is 185 Å². The zero-order valence-electron chi connectivity index (χ0n) is 17.2. The summed E-state index contributed by atoms with van der Waals surface area (Å²) in [6.07, 6.45) is -0.472. The molecule has 1 amide bonds. The fraction of sp³-hybridized carbons (Fsp3) is 0.200. The minimum Gasteiger partial charge on any atom is -0.410 e. The predicted octanol–water partition coefficient (Wildman–Crippen LogP) is 4.74. The first-order valence-electron chi connectivity index (χ1n) is 10.3. The molecule has 5 nitrogen and oxygen atoms in total. The minimum atomic E-state index is -0.472. The molecule has 0 unspecified atom stereocenters. The van der Waals surface area contributed by atoms with E-state index in [0.717, 1.165) is 11.1 Å². The van der Waals surface area contributed by atoms with Crippen LogP contribution in [0.3, 0.4) is 0 Å². The molecule has 4 rings (SSSR count). The van der Waals surface area contributed by atoms with Gasteiger partial charge in [0, 0.05) is 26.2 Å². The number of carbonyl (C=O) groups excluding carboxylic acids is 1. The summed E-state index contributed by atoms with van der Waals surface area (Å²) in [6.45, 7) is 2.00. The lowest BCUT2D eigenvalue weighted by atomic mass is 9.96. The van der Waals surface area contributed by atoms with E-state index in [0.29, 0.717) is 37.5 Å². The highest BCUT2D eigenvalue weighted by Gasteiger charge is 2.29. The van der Waals surface area contributed by atoms with Gasteiger partial charge in [-0.3, -0.25) is 4.90 Å². The van der Waals surface area contributed by atoms with Crippen LogP contribution in [0.25, 0.3) is 0 Å². The van der Waals surface area contributed by atoms with E-state index in [2.05, 4.69) is 4.90 Å². The van der Waals surface area contributed by atoms with Crippen molar-refractivity contribution in [1.29, 1.82) is 5.26 Å². The van der Waals surface area contributed by atoms with Crippen molar-refractivity contribution < 1.29 is 18.3 Å². The number of halogens is 2. The SMILES string of the molecule is N#Cc1cccc(OC(=O)N2CCN(C(c3ccc(F)cc3)c3ccc(F)cc3)CC2)c1.